The van der Waals surface area contributed by atoms with Gasteiger partial charge < -0.3 is 9.64 Å². The number of anilines is 2. The van der Waals surface area contributed by atoms with Gasteiger partial charge in [0.05, 0.1) is 5.75 Å². The molecule has 1 N–H and O–H groups in total. The van der Waals surface area contributed by atoms with E-state index in [0.29, 0.717) is 25.4 Å². The first kappa shape index (κ1) is 16.5. The number of sulfonamides is 1. The van der Waals surface area contributed by atoms with Crippen LogP contribution < -0.4 is 9.62 Å². The smallest absolute Gasteiger partial charge is 0.232 e. The lowest BCUT2D eigenvalue weighted by Crippen LogP contribution is -2.39. The lowest BCUT2D eigenvalue weighted by Gasteiger charge is -2.34. The summed E-state index contributed by atoms with van der Waals surface area (Å²) in [5.74, 6) is 0.0387. The molecule has 3 rings (SSSR count). The summed E-state index contributed by atoms with van der Waals surface area (Å²) in [6, 6.07) is 5.59. The van der Waals surface area contributed by atoms with Crippen molar-refractivity contribution in [2.45, 2.75) is 25.2 Å². The summed E-state index contributed by atoms with van der Waals surface area (Å²) in [4.78, 5) is 2.07. The number of benzene rings is 1. The van der Waals surface area contributed by atoms with Gasteiger partial charge in [0, 0.05) is 43.1 Å². The Bertz CT molecular complexity index is 672. The highest BCUT2D eigenvalue weighted by molar-refractivity contribution is 7.92. The fourth-order valence-electron chi connectivity index (χ4n) is 3.58. The summed E-state index contributed by atoms with van der Waals surface area (Å²) < 4.78 is 44.6. The molecule has 128 valence electrons. The van der Waals surface area contributed by atoms with Crippen molar-refractivity contribution >= 4 is 21.4 Å². The quantitative estimate of drug-likeness (QED) is 0.892. The van der Waals surface area contributed by atoms with E-state index in [1.165, 1.54) is 0 Å². The Morgan fingerprint density at radius 1 is 1.35 bits per heavy atom. The van der Waals surface area contributed by atoms with Crippen LogP contribution in [0.3, 0.4) is 0 Å². The van der Waals surface area contributed by atoms with Gasteiger partial charge in [-0.2, -0.15) is 0 Å². The lowest BCUT2D eigenvalue weighted by atomic mass is 9.76. The number of ether oxygens (including phenoxy) is 1. The van der Waals surface area contributed by atoms with Gasteiger partial charge in [0.2, 0.25) is 10.0 Å². The van der Waals surface area contributed by atoms with Crippen molar-refractivity contribution in [3.05, 3.63) is 23.8 Å². The number of halogens is 1. The summed E-state index contributed by atoms with van der Waals surface area (Å²) in [7, 11) is -3.30. The van der Waals surface area contributed by atoms with Crippen molar-refractivity contribution in [2.75, 3.05) is 48.4 Å². The van der Waals surface area contributed by atoms with E-state index in [2.05, 4.69) is 9.62 Å². The zero-order valence-electron chi connectivity index (χ0n) is 13.3. The van der Waals surface area contributed by atoms with Crippen LogP contribution in [-0.4, -0.2) is 47.1 Å². The first-order valence-corrected chi connectivity index (χ1v) is 9.68. The van der Waals surface area contributed by atoms with Crippen LogP contribution in [0.4, 0.5) is 15.8 Å². The Labute approximate surface area is 136 Å². The normalized spacial score (nSPS) is 19.8. The van der Waals surface area contributed by atoms with E-state index in [1.54, 1.807) is 13.0 Å². The Morgan fingerprint density at radius 3 is 2.74 bits per heavy atom. The SMILES string of the molecule is CCS(=O)(=O)Nc1ccc2c(c1)C1(CCOCC1)CN2CCF. The second kappa shape index (κ2) is 6.28. The maximum absolute atomic E-state index is 12.9. The van der Waals surface area contributed by atoms with E-state index in [9.17, 15) is 12.8 Å². The summed E-state index contributed by atoms with van der Waals surface area (Å²) in [6.07, 6.45) is 1.76. The molecular formula is C16H23FN2O3S. The topological polar surface area (TPSA) is 58.6 Å². The number of alkyl halides is 1. The summed E-state index contributed by atoms with van der Waals surface area (Å²) in [5, 5.41) is 0. The highest BCUT2D eigenvalue weighted by Crippen LogP contribution is 2.47. The molecule has 0 bridgehead atoms. The minimum Gasteiger partial charge on any atom is -0.381 e. The molecule has 2 aliphatic rings. The molecule has 1 aromatic rings. The summed E-state index contributed by atoms with van der Waals surface area (Å²) in [6.45, 7) is 3.74. The molecule has 1 fully saturated rings. The minimum atomic E-state index is -3.30. The average molecular weight is 342 g/mol. The number of nitrogens with one attached hydrogen (secondary N) is 1. The van der Waals surface area contributed by atoms with Crippen molar-refractivity contribution < 1.29 is 17.5 Å². The van der Waals surface area contributed by atoms with Crippen molar-refractivity contribution in [3.8, 4) is 0 Å². The molecule has 1 aromatic carbocycles. The predicted octanol–water partition coefficient (Wildman–Crippen LogP) is 2.29. The largest absolute Gasteiger partial charge is 0.381 e. The van der Waals surface area contributed by atoms with Gasteiger partial charge in [-0.05, 0) is 43.5 Å². The monoisotopic (exact) mass is 342 g/mol. The molecular weight excluding hydrogens is 319 g/mol. The third-order valence-corrected chi connectivity index (χ3v) is 6.17. The standard InChI is InChI=1S/C16H23FN2O3S/c1-2-23(20,21)18-13-3-4-15-14(11-13)16(5-9-22-10-6-16)12-19(15)8-7-17/h3-4,11,18H,2,5-10,12H2,1H3. The van der Waals surface area contributed by atoms with E-state index in [-0.39, 0.29) is 11.2 Å². The van der Waals surface area contributed by atoms with E-state index >= 15 is 0 Å². The molecule has 2 heterocycles. The molecule has 23 heavy (non-hydrogen) atoms. The Morgan fingerprint density at radius 2 is 2.09 bits per heavy atom. The number of hydrogen-bond acceptors (Lipinski definition) is 4. The van der Waals surface area contributed by atoms with Gasteiger partial charge in [-0.25, -0.2) is 12.8 Å². The minimum absolute atomic E-state index is 0.0387. The number of fused-ring (bicyclic) bond motifs is 2. The van der Waals surface area contributed by atoms with E-state index < -0.39 is 16.7 Å². The molecule has 0 aliphatic carbocycles. The van der Waals surface area contributed by atoms with Gasteiger partial charge in [0.25, 0.3) is 0 Å². The van der Waals surface area contributed by atoms with Crippen molar-refractivity contribution in [1.29, 1.82) is 0 Å². The van der Waals surface area contributed by atoms with Gasteiger partial charge in [0.15, 0.2) is 0 Å². The van der Waals surface area contributed by atoms with Gasteiger partial charge in [-0.3, -0.25) is 4.72 Å². The molecule has 0 unspecified atom stereocenters. The molecule has 0 atom stereocenters. The molecule has 1 saturated heterocycles. The highest BCUT2D eigenvalue weighted by Gasteiger charge is 2.43. The summed E-state index contributed by atoms with van der Waals surface area (Å²) >= 11 is 0. The van der Waals surface area contributed by atoms with Crippen LogP contribution in [0.1, 0.15) is 25.3 Å². The number of nitrogens with zero attached hydrogens (tertiary/aromatic N) is 1. The fourth-order valence-corrected chi connectivity index (χ4v) is 4.21. The zero-order valence-corrected chi connectivity index (χ0v) is 14.2. The van der Waals surface area contributed by atoms with Crippen LogP contribution in [0.2, 0.25) is 0 Å². The molecule has 2 aliphatic heterocycles. The maximum atomic E-state index is 12.9. The fraction of sp³-hybridized carbons (Fsp3) is 0.625. The maximum Gasteiger partial charge on any atom is 0.232 e. The molecule has 1 spiro atoms. The molecule has 0 amide bonds. The van der Waals surface area contributed by atoms with Crippen LogP contribution in [0, 0.1) is 0 Å². The third kappa shape index (κ3) is 3.17. The van der Waals surface area contributed by atoms with Gasteiger partial charge in [-0.1, -0.05) is 0 Å². The van der Waals surface area contributed by atoms with Gasteiger partial charge in [0.1, 0.15) is 6.67 Å². The van der Waals surface area contributed by atoms with Crippen LogP contribution >= 0.6 is 0 Å². The Kier molecular flexibility index (Phi) is 4.51. The van der Waals surface area contributed by atoms with Gasteiger partial charge in [-0.15, -0.1) is 0 Å². The third-order valence-electron chi connectivity index (χ3n) is 4.86. The van der Waals surface area contributed by atoms with E-state index in [4.69, 9.17) is 4.74 Å². The van der Waals surface area contributed by atoms with E-state index in [1.807, 2.05) is 12.1 Å². The number of hydrogen-bond donors (Lipinski definition) is 1. The molecule has 0 saturated carbocycles. The van der Waals surface area contributed by atoms with Crippen molar-refractivity contribution in [2.24, 2.45) is 0 Å². The molecule has 0 aromatic heterocycles. The van der Waals surface area contributed by atoms with Gasteiger partial charge >= 0.3 is 0 Å². The van der Waals surface area contributed by atoms with Crippen molar-refractivity contribution in [3.63, 3.8) is 0 Å². The molecule has 7 heteroatoms. The Balaban J connectivity index is 1.98. The van der Waals surface area contributed by atoms with Crippen LogP contribution in [0.5, 0.6) is 0 Å². The number of rotatable bonds is 5. The Hall–Kier alpha value is -1.34. The van der Waals surface area contributed by atoms with Crippen LogP contribution in [0.25, 0.3) is 0 Å². The van der Waals surface area contributed by atoms with Crippen LogP contribution in [0.15, 0.2) is 18.2 Å². The predicted molar refractivity (Wildman–Crippen MR) is 89.4 cm³/mol. The second-order valence-electron chi connectivity index (χ2n) is 6.24. The molecule has 5 nitrogen and oxygen atoms in total. The van der Waals surface area contributed by atoms with Crippen molar-refractivity contribution in [1.82, 2.24) is 0 Å². The second-order valence-corrected chi connectivity index (χ2v) is 8.25. The molecule has 0 radical (unpaired) electrons. The first-order valence-electron chi connectivity index (χ1n) is 8.03. The first-order chi connectivity index (χ1) is 11.0. The van der Waals surface area contributed by atoms with E-state index in [0.717, 1.165) is 30.6 Å². The highest BCUT2D eigenvalue weighted by atomic mass is 32.2. The lowest BCUT2D eigenvalue weighted by molar-refractivity contribution is 0.0553. The summed E-state index contributed by atoms with van der Waals surface area (Å²) in [5.41, 5.74) is 2.66. The average Bonchev–Trinajstić information content (AvgIpc) is 2.82. The zero-order chi connectivity index (χ0) is 16.5. The van der Waals surface area contributed by atoms with Crippen LogP contribution in [-0.2, 0) is 20.2 Å².